The molecule has 0 unspecified atom stereocenters. The Hall–Kier alpha value is -3.22. The number of morpholine rings is 1. The molecule has 36 heavy (non-hydrogen) atoms. The van der Waals surface area contributed by atoms with Gasteiger partial charge in [-0.05, 0) is 25.5 Å². The molecule has 3 aliphatic heterocycles. The number of guanidine groups is 1. The van der Waals surface area contributed by atoms with Crippen molar-refractivity contribution >= 4 is 39.9 Å². The smallest absolute Gasteiger partial charge is 0.277 e. The summed E-state index contributed by atoms with van der Waals surface area (Å²) in [4.78, 5) is 31.1. The molecule has 12 heteroatoms. The van der Waals surface area contributed by atoms with Crippen molar-refractivity contribution in [3.8, 4) is 11.5 Å². The summed E-state index contributed by atoms with van der Waals surface area (Å²) in [5.74, 6) is 2.00. The maximum Gasteiger partial charge on any atom is 0.277 e. The van der Waals surface area contributed by atoms with E-state index in [4.69, 9.17) is 19.2 Å². The number of hydrogen-bond acceptors (Lipinski definition) is 11. The Kier molecular flexibility index (Phi) is 7.63. The molecule has 0 bridgehead atoms. The molecular weight excluding hydrogens is 482 g/mol. The summed E-state index contributed by atoms with van der Waals surface area (Å²) in [7, 11) is 1.60. The number of nitrogens with one attached hydrogen (secondary N) is 2. The minimum absolute atomic E-state index is 0.321. The first kappa shape index (κ1) is 24.5. The van der Waals surface area contributed by atoms with Gasteiger partial charge in [0.25, 0.3) is 5.91 Å². The molecule has 0 atom stereocenters. The van der Waals surface area contributed by atoms with Crippen molar-refractivity contribution in [1.82, 2.24) is 20.1 Å². The van der Waals surface area contributed by atoms with Crippen LogP contribution in [0.1, 0.15) is 29.4 Å². The zero-order valence-corrected chi connectivity index (χ0v) is 21.4. The lowest BCUT2D eigenvalue weighted by Crippen LogP contribution is -2.47. The van der Waals surface area contributed by atoms with Crippen LogP contribution in [0.2, 0.25) is 0 Å². The van der Waals surface area contributed by atoms with Crippen molar-refractivity contribution in [3.63, 3.8) is 0 Å². The number of carbonyl (C=O) groups excluding carboxylic acids is 1. The fraction of sp³-hybridized carbons (Fsp3) is 0.500. The van der Waals surface area contributed by atoms with E-state index >= 15 is 0 Å². The second kappa shape index (κ2) is 11.2. The van der Waals surface area contributed by atoms with Gasteiger partial charge in [-0.3, -0.25) is 24.9 Å². The number of benzene rings is 1. The number of hydrogen-bond donors (Lipinski definition) is 2. The molecule has 2 N–H and O–H groups in total. The summed E-state index contributed by atoms with van der Waals surface area (Å²) >= 11 is 1.39. The van der Waals surface area contributed by atoms with E-state index in [0.717, 1.165) is 57.2 Å². The summed E-state index contributed by atoms with van der Waals surface area (Å²) in [5, 5.41) is 8.49. The SMILES string of the molecule is CCNc1nc(C(=O)NC2=Nc3c(ccc(OCCCN4CCOCC4)c3OC)C3=NCCN23)cs1. The first-order valence-electron chi connectivity index (χ1n) is 12.2. The van der Waals surface area contributed by atoms with Crippen LogP contribution in [0.3, 0.4) is 0 Å². The highest BCUT2D eigenvalue weighted by Gasteiger charge is 2.33. The second-order valence-corrected chi connectivity index (χ2v) is 9.32. The van der Waals surface area contributed by atoms with Crippen LogP contribution in [0.4, 0.5) is 10.8 Å². The monoisotopic (exact) mass is 513 g/mol. The molecule has 1 aromatic carbocycles. The number of amidine groups is 1. The number of methoxy groups -OCH3 is 1. The van der Waals surface area contributed by atoms with Gasteiger partial charge in [0.05, 0.1) is 33.5 Å². The molecule has 192 valence electrons. The lowest BCUT2D eigenvalue weighted by molar-refractivity contribution is 0.0357. The quantitative estimate of drug-likeness (QED) is 0.491. The summed E-state index contributed by atoms with van der Waals surface area (Å²) in [5.41, 5.74) is 1.79. The van der Waals surface area contributed by atoms with Crippen LogP contribution in [0, 0.1) is 0 Å². The van der Waals surface area contributed by atoms with E-state index in [1.165, 1.54) is 11.3 Å². The van der Waals surface area contributed by atoms with Crippen LogP contribution in [0.15, 0.2) is 27.5 Å². The molecule has 4 heterocycles. The van der Waals surface area contributed by atoms with E-state index in [1.54, 1.807) is 12.5 Å². The highest BCUT2D eigenvalue weighted by molar-refractivity contribution is 7.13. The number of carbonyl (C=O) groups is 1. The first-order chi connectivity index (χ1) is 17.7. The average molecular weight is 514 g/mol. The van der Waals surface area contributed by atoms with Crippen molar-refractivity contribution in [2.45, 2.75) is 13.3 Å². The summed E-state index contributed by atoms with van der Waals surface area (Å²) in [6.45, 7) is 8.99. The Labute approximate surface area is 214 Å². The van der Waals surface area contributed by atoms with E-state index in [9.17, 15) is 4.79 Å². The third-order valence-corrected chi connectivity index (χ3v) is 6.92. The van der Waals surface area contributed by atoms with E-state index in [0.29, 0.717) is 53.7 Å². The lowest BCUT2D eigenvalue weighted by atomic mass is 10.1. The summed E-state index contributed by atoms with van der Waals surface area (Å²) < 4.78 is 17.3. The van der Waals surface area contributed by atoms with E-state index < -0.39 is 0 Å². The van der Waals surface area contributed by atoms with Crippen molar-refractivity contribution in [2.24, 2.45) is 9.98 Å². The van der Waals surface area contributed by atoms with Gasteiger partial charge >= 0.3 is 0 Å². The molecule has 5 rings (SSSR count). The predicted octanol–water partition coefficient (Wildman–Crippen LogP) is 2.18. The van der Waals surface area contributed by atoms with Gasteiger partial charge in [-0.2, -0.15) is 0 Å². The van der Waals surface area contributed by atoms with Gasteiger partial charge in [0.1, 0.15) is 17.2 Å². The molecule has 0 saturated carbocycles. The zero-order valence-electron chi connectivity index (χ0n) is 20.6. The van der Waals surface area contributed by atoms with Crippen LogP contribution in [0.25, 0.3) is 0 Å². The Morgan fingerprint density at radius 2 is 2.11 bits per heavy atom. The molecule has 0 aliphatic carbocycles. The van der Waals surface area contributed by atoms with E-state index in [1.807, 2.05) is 24.0 Å². The van der Waals surface area contributed by atoms with Gasteiger partial charge in [0.15, 0.2) is 16.6 Å². The number of aromatic nitrogens is 1. The largest absolute Gasteiger partial charge is 0.491 e. The molecule has 1 amide bonds. The van der Waals surface area contributed by atoms with Crippen molar-refractivity contribution in [1.29, 1.82) is 0 Å². The molecule has 1 fully saturated rings. The standard InChI is InChI=1S/C24H31N7O4S/c1-3-25-24-27-17(15-36-24)22(32)29-23-28-19-16(21-26-7-9-31(21)23)5-6-18(20(19)33-2)35-12-4-8-30-10-13-34-14-11-30/h5-6,15H,3-4,7-14H2,1-2H3,(H,25,27)(H,28,29,32). The molecule has 1 aromatic heterocycles. The molecule has 0 spiro atoms. The lowest BCUT2D eigenvalue weighted by Gasteiger charge is -2.28. The molecule has 0 radical (unpaired) electrons. The van der Waals surface area contributed by atoms with Crippen LogP contribution in [-0.2, 0) is 4.74 Å². The predicted molar refractivity (Wildman–Crippen MR) is 139 cm³/mol. The zero-order chi connectivity index (χ0) is 24.9. The van der Waals surface area contributed by atoms with Gasteiger partial charge in [-0.15, -0.1) is 11.3 Å². The van der Waals surface area contributed by atoms with Gasteiger partial charge in [0.2, 0.25) is 5.96 Å². The molecule has 11 nitrogen and oxygen atoms in total. The fourth-order valence-electron chi connectivity index (χ4n) is 4.37. The van der Waals surface area contributed by atoms with Gasteiger partial charge < -0.3 is 19.5 Å². The van der Waals surface area contributed by atoms with Crippen LogP contribution < -0.4 is 20.1 Å². The Morgan fingerprint density at radius 3 is 2.92 bits per heavy atom. The number of amides is 1. The number of anilines is 1. The Bertz CT molecular complexity index is 1160. The van der Waals surface area contributed by atoms with Gasteiger partial charge in [-0.25, -0.2) is 9.98 Å². The fourth-order valence-corrected chi connectivity index (χ4v) is 5.13. The van der Waals surface area contributed by atoms with Gasteiger partial charge in [-0.1, -0.05) is 0 Å². The minimum Gasteiger partial charge on any atom is -0.491 e. The van der Waals surface area contributed by atoms with E-state index in [-0.39, 0.29) is 5.91 Å². The molecule has 2 aromatic rings. The highest BCUT2D eigenvalue weighted by atomic mass is 32.1. The van der Waals surface area contributed by atoms with Crippen LogP contribution in [-0.4, -0.2) is 98.7 Å². The minimum atomic E-state index is -0.321. The van der Waals surface area contributed by atoms with Crippen molar-refractivity contribution in [2.75, 3.05) is 71.5 Å². The van der Waals surface area contributed by atoms with Crippen molar-refractivity contribution < 1.29 is 19.0 Å². The first-order valence-corrected chi connectivity index (χ1v) is 13.1. The van der Waals surface area contributed by atoms with E-state index in [2.05, 4.69) is 25.5 Å². The Morgan fingerprint density at radius 1 is 1.25 bits per heavy atom. The van der Waals surface area contributed by atoms with Crippen LogP contribution >= 0.6 is 11.3 Å². The maximum atomic E-state index is 12.9. The molecule has 1 saturated heterocycles. The maximum absolute atomic E-state index is 12.9. The Balaban J connectivity index is 1.33. The normalized spacial score (nSPS) is 17.1. The third-order valence-electron chi connectivity index (χ3n) is 6.12. The van der Waals surface area contributed by atoms with Gasteiger partial charge in [0, 0.05) is 43.7 Å². The number of fused-ring (bicyclic) bond motifs is 3. The number of ether oxygens (including phenoxy) is 3. The second-order valence-electron chi connectivity index (χ2n) is 8.46. The van der Waals surface area contributed by atoms with Crippen LogP contribution in [0.5, 0.6) is 11.5 Å². The molecule has 3 aliphatic rings. The average Bonchev–Trinajstić information content (AvgIpc) is 3.58. The summed E-state index contributed by atoms with van der Waals surface area (Å²) in [6, 6.07) is 3.86. The van der Waals surface area contributed by atoms with Crippen molar-refractivity contribution in [3.05, 3.63) is 28.8 Å². The number of rotatable bonds is 9. The third kappa shape index (κ3) is 5.15. The number of nitrogens with zero attached hydrogens (tertiary/aromatic N) is 5. The topological polar surface area (TPSA) is 113 Å². The highest BCUT2D eigenvalue weighted by Crippen LogP contribution is 2.43. The molecular formula is C24H31N7O4S. The number of aliphatic imine (C=N–C) groups is 2. The number of thiazole rings is 1. The summed E-state index contributed by atoms with van der Waals surface area (Å²) in [6.07, 6.45) is 0.897.